The number of hydrogen-bond donors (Lipinski definition) is 1. The van der Waals surface area contributed by atoms with E-state index >= 15 is 0 Å². The highest BCUT2D eigenvalue weighted by Crippen LogP contribution is 2.28. The standard InChI is InChI=1S/C17H19FN2O2/c1-3-4-10-22-11-15(21)16-17(18)19-12-20(16)13(2)14-8-6-5-7-9-14/h5-9,13,19H,10-12H2,1-2H3/t13-/m1/s1. The van der Waals surface area contributed by atoms with Crippen molar-refractivity contribution in [2.75, 3.05) is 19.9 Å². The molecule has 0 aliphatic carbocycles. The van der Waals surface area contributed by atoms with Crippen molar-refractivity contribution >= 4 is 5.78 Å². The lowest BCUT2D eigenvalue weighted by atomic mass is 10.1. The van der Waals surface area contributed by atoms with Crippen LogP contribution in [0.2, 0.25) is 0 Å². The number of nitrogens with zero attached hydrogens (tertiary/aromatic N) is 1. The topological polar surface area (TPSA) is 41.6 Å². The Bertz CT molecular complexity index is 617. The third-order valence-electron chi connectivity index (χ3n) is 3.50. The summed E-state index contributed by atoms with van der Waals surface area (Å²) in [5, 5.41) is 2.59. The third kappa shape index (κ3) is 3.66. The normalized spacial score (nSPS) is 15.1. The average Bonchev–Trinajstić information content (AvgIpc) is 2.93. The van der Waals surface area contributed by atoms with Crippen molar-refractivity contribution in [2.24, 2.45) is 0 Å². The summed E-state index contributed by atoms with van der Waals surface area (Å²) in [5.41, 5.74) is 1.06. The van der Waals surface area contributed by atoms with Crippen molar-refractivity contribution in [1.82, 2.24) is 10.2 Å². The van der Waals surface area contributed by atoms with E-state index < -0.39 is 5.95 Å². The molecule has 116 valence electrons. The number of carbonyl (C=O) groups excluding carboxylic acids is 1. The zero-order valence-electron chi connectivity index (χ0n) is 12.7. The van der Waals surface area contributed by atoms with Gasteiger partial charge >= 0.3 is 0 Å². The van der Waals surface area contributed by atoms with Crippen molar-refractivity contribution in [2.45, 2.75) is 19.9 Å². The number of ether oxygens (including phenoxy) is 1. The van der Waals surface area contributed by atoms with E-state index in [1.54, 1.807) is 11.8 Å². The lowest BCUT2D eigenvalue weighted by molar-refractivity contribution is -0.121. The Hall–Kier alpha value is -2.32. The van der Waals surface area contributed by atoms with Crippen molar-refractivity contribution in [3.8, 4) is 11.8 Å². The van der Waals surface area contributed by atoms with Gasteiger partial charge in [-0.2, -0.15) is 4.39 Å². The van der Waals surface area contributed by atoms with E-state index in [4.69, 9.17) is 4.74 Å². The van der Waals surface area contributed by atoms with Gasteiger partial charge in [0.25, 0.3) is 0 Å². The number of Topliss-reactive ketones (excluding diaryl/α,β-unsaturated/α-hetero) is 1. The fourth-order valence-corrected chi connectivity index (χ4v) is 2.30. The molecule has 0 aromatic heterocycles. The van der Waals surface area contributed by atoms with Crippen LogP contribution in [0.1, 0.15) is 25.5 Å². The fraction of sp³-hybridized carbons (Fsp3) is 0.353. The Kier molecular flexibility index (Phi) is 5.56. The highest BCUT2D eigenvalue weighted by molar-refractivity contribution is 5.96. The summed E-state index contributed by atoms with van der Waals surface area (Å²) in [7, 11) is 0. The van der Waals surface area contributed by atoms with Crippen molar-refractivity contribution < 1.29 is 13.9 Å². The minimum Gasteiger partial charge on any atom is -0.361 e. The average molecular weight is 302 g/mol. The first-order chi connectivity index (χ1) is 10.6. The molecule has 0 bridgehead atoms. The highest BCUT2D eigenvalue weighted by Gasteiger charge is 2.31. The molecule has 0 saturated heterocycles. The maximum absolute atomic E-state index is 14.0. The SMILES string of the molecule is CC#CCOCC(=O)C1=C(F)NCN1[C@H](C)c1ccccc1. The van der Waals surface area contributed by atoms with Gasteiger partial charge in [-0.25, -0.2) is 0 Å². The van der Waals surface area contributed by atoms with Crippen LogP contribution in [0.4, 0.5) is 4.39 Å². The van der Waals surface area contributed by atoms with Crippen LogP contribution in [0.3, 0.4) is 0 Å². The molecule has 1 aromatic carbocycles. The largest absolute Gasteiger partial charge is 0.361 e. The van der Waals surface area contributed by atoms with Crippen LogP contribution < -0.4 is 5.32 Å². The molecule has 1 aliphatic heterocycles. The first-order valence-electron chi connectivity index (χ1n) is 7.11. The molecule has 1 N–H and O–H groups in total. The molecule has 4 nitrogen and oxygen atoms in total. The van der Waals surface area contributed by atoms with E-state index in [1.807, 2.05) is 37.3 Å². The zero-order chi connectivity index (χ0) is 15.9. The Morgan fingerprint density at radius 1 is 1.45 bits per heavy atom. The summed E-state index contributed by atoms with van der Waals surface area (Å²) in [4.78, 5) is 13.9. The van der Waals surface area contributed by atoms with Gasteiger partial charge in [-0.3, -0.25) is 4.79 Å². The second-order valence-corrected chi connectivity index (χ2v) is 4.90. The lowest BCUT2D eigenvalue weighted by Gasteiger charge is -2.27. The van der Waals surface area contributed by atoms with Crippen molar-refractivity contribution in [3.05, 3.63) is 47.5 Å². The number of ketones is 1. The lowest BCUT2D eigenvalue weighted by Crippen LogP contribution is -2.31. The minimum absolute atomic E-state index is 0.0424. The van der Waals surface area contributed by atoms with Crippen LogP contribution in [0.5, 0.6) is 0 Å². The molecular formula is C17H19FN2O2. The van der Waals surface area contributed by atoms with Crippen LogP contribution in [0, 0.1) is 11.8 Å². The summed E-state index contributed by atoms with van der Waals surface area (Å²) in [6.45, 7) is 3.87. The van der Waals surface area contributed by atoms with Gasteiger partial charge in [0, 0.05) is 0 Å². The van der Waals surface area contributed by atoms with E-state index in [-0.39, 0.29) is 37.4 Å². The van der Waals surface area contributed by atoms with Gasteiger partial charge in [-0.05, 0) is 19.4 Å². The van der Waals surface area contributed by atoms with E-state index in [0.29, 0.717) is 0 Å². The molecule has 1 aromatic rings. The quantitative estimate of drug-likeness (QED) is 0.497. The van der Waals surface area contributed by atoms with E-state index in [1.165, 1.54) is 0 Å². The van der Waals surface area contributed by atoms with E-state index in [9.17, 15) is 9.18 Å². The summed E-state index contributed by atoms with van der Waals surface area (Å²) in [6.07, 6.45) is 0. The molecule has 0 amide bonds. The van der Waals surface area contributed by atoms with E-state index in [2.05, 4.69) is 17.2 Å². The zero-order valence-corrected chi connectivity index (χ0v) is 12.7. The molecule has 1 atom stereocenters. The fourth-order valence-electron chi connectivity index (χ4n) is 2.30. The van der Waals surface area contributed by atoms with Crippen molar-refractivity contribution in [3.63, 3.8) is 0 Å². The van der Waals surface area contributed by atoms with Crippen LogP contribution in [-0.4, -0.2) is 30.6 Å². The Morgan fingerprint density at radius 3 is 2.86 bits per heavy atom. The smallest absolute Gasteiger partial charge is 0.215 e. The van der Waals surface area contributed by atoms with Gasteiger partial charge < -0.3 is 15.0 Å². The second-order valence-electron chi connectivity index (χ2n) is 4.90. The molecule has 2 rings (SSSR count). The molecule has 0 fully saturated rings. The molecule has 1 aliphatic rings. The monoisotopic (exact) mass is 302 g/mol. The highest BCUT2D eigenvalue weighted by atomic mass is 19.1. The predicted octanol–water partition coefficient (Wildman–Crippen LogP) is 2.36. The van der Waals surface area contributed by atoms with Gasteiger partial charge in [0.2, 0.25) is 11.7 Å². The first-order valence-corrected chi connectivity index (χ1v) is 7.11. The summed E-state index contributed by atoms with van der Waals surface area (Å²) in [6, 6.07) is 9.56. The summed E-state index contributed by atoms with van der Waals surface area (Å²) >= 11 is 0. The van der Waals surface area contributed by atoms with Gasteiger partial charge in [-0.15, -0.1) is 5.92 Å². The number of hydrogen-bond acceptors (Lipinski definition) is 4. The van der Waals surface area contributed by atoms with Crippen LogP contribution in [-0.2, 0) is 9.53 Å². The maximum Gasteiger partial charge on any atom is 0.215 e. The Labute approximate surface area is 129 Å². The molecule has 0 spiro atoms. The number of halogens is 1. The number of carbonyl (C=O) groups is 1. The number of benzene rings is 1. The van der Waals surface area contributed by atoms with Gasteiger partial charge in [-0.1, -0.05) is 36.3 Å². The van der Waals surface area contributed by atoms with Gasteiger partial charge in [0.15, 0.2) is 0 Å². The van der Waals surface area contributed by atoms with Crippen molar-refractivity contribution in [1.29, 1.82) is 0 Å². The molecule has 1 heterocycles. The van der Waals surface area contributed by atoms with Gasteiger partial charge in [0.1, 0.15) is 18.9 Å². The van der Waals surface area contributed by atoms with Crippen LogP contribution in [0.15, 0.2) is 42.0 Å². The Balaban J connectivity index is 2.08. The number of rotatable bonds is 6. The first kappa shape index (κ1) is 16.1. The predicted molar refractivity (Wildman–Crippen MR) is 82.1 cm³/mol. The second kappa shape index (κ2) is 7.62. The molecule has 22 heavy (non-hydrogen) atoms. The van der Waals surface area contributed by atoms with Crippen LogP contribution >= 0.6 is 0 Å². The minimum atomic E-state index is -0.599. The summed E-state index contributed by atoms with van der Waals surface area (Å²) in [5.74, 6) is 4.39. The molecule has 0 radical (unpaired) electrons. The maximum atomic E-state index is 14.0. The molecule has 0 saturated carbocycles. The number of nitrogens with one attached hydrogen (secondary N) is 1. The molecule has 5 heteroatoms. The Morgan fingerprint density at radius 2 is 2.18 bits per heavy atom. The molecule has 0 unspecified atom stereocenters. The summed E-state index contributed by atoms with van der Waals surface area (Å²) < 4.78 is 19.1. The van der Waals surface area contributed by atoms with Crippen LogP contribution in [0.25, 0.3) is 0 Å². The van der Waals surface area contributed by atoms with Gasteiger partial charge in [0.05, 0.1) is 12.7 Å². The third-order valence-corrected chi connectivity index (χ3v) is 3.50. The van der Waals surface area contributed by atoms with E-state index in [0.717, 1.165) is 5.56 Å². The molecular weight excluding hydrogens is 283 g/mol.